The van der Waals surface area contributed by atoms with Gasteiger partial charge in [0.1, 0.15) is 5.82 Å². The fourth-order valence-corrected chi connectivity index (χ4v) is 2.05. The molecule has 0 aliphatic rings. The summed E-state index contributed by atoms with van der Waals surface area (Å²) in [5.41, 5.74) is 9.43. The lowest BCUT2D eigenvalue weighted by Gasteiger charge is -2.09. The maximum Gasteiger partial charge on any atom is 0.113 e. The van der Waals surface area contributed by atoms with E-state index in [4.69, 9.17) is 5.73 Å². The summed E-state index contributed by atoms with van der Waals surface area (Å²) in [4.78, 5) is 4.40. The van der Waals surface area contributed by atoms with E-state index >= 15 is 0 Å². The van der Waals surface area contributed by atoms with Crippen molar-refractivity contribution in [1.82, 2.24) is 9.55 Å². The first kappa shape index (κ1) is 11.9. The third-order valence-electron chi connectivity index (χ3n) is 3.13. The van der Waals surface area contributed by atoms with Gasteiger partial charge >= 0.3 is 0 Å². The number of rotatable bonds is 4. The van der Waals surface area contributed by atoms with Gasteiger partial charge in [-0.25, -0.2) is 4.98 Å². The Bertz CT molecular complexity index is 500. The van der Waals surface area contributed by atoms with Crippen LogP contribution in [-0.2, 0) is 19.5 Å². The number of aryl methyl sites for hydroxylation is 2. The highest BCUT2D eigenvalue weighted by Gasteiger charge is 2.05. The molecule has 3 heteroatoms. The molecule has 0 saturated heterocycles. The van der Waals surface area contributed by atoms with Crippen molar-refractivity contribution >= 4 is 0 Å². The predicted octanol–water partition coefficient (Wildman–Crippen LogP) is 2.26. The van der Waals surface area contributed by atoms with E-state index in [0.717, 1.165) is 18.8 Å². The molecule has 1 aromatic heterocycles. The van der Waals surface area contributed by atoms with Gasteiger partial charge in [-0.1, -0.05) is 18.2 Å². The fourth-order valence-electron chi connectivity index (χ4n) is 2.05. The lowest BCUT2D eigenvalue weighted by Crippen LogP contribution is -2.04. The van der Waals surface area contributed by atoms with Gasteiger partial charge in [-0.05, 0) is 30.5 Å². The van der Waals surface area contributed by atoms with E-state index < -0.39 is 0 Å². The normalized spacial score (nSPS) is 10.8. The predicted molar refractivity (Wildman–Crippen MR) is 69.8 cm³/mol. The molecule has 0 unspecified atom stereocenters. The average Bonchev–Trinajstić information content (AvgIpc) is 2.79. The Morgan fingerprint density at radius 3 is 2.82 bits per heavy atom. The van der Waals surface area contributed by atoms with Crippen LogP contribution < -0.4 is 5.73 Å². The van der Waals surface area contributed by atoms with Crippen LogP contribution in [0.2, 0.25) is 0 Å². The van der Waals surface area contributed by atoms with Crippen molar-refractivity contribution in [3.8, 4) is 0 Å². The third kappa shape index (κ3) is 2.56. The van der Waals surface area contributed by atoms with E-state index in [0.29, 0.717) is 6.54 Å². The van der Waals surface area contributed by atoms with Crippen molar-refractivity contribution in [2.75, 3.05) is 0 Å². The van der Waals surface area contributed by atoms with Crippen LogP contribution in [0.1, 0.15) is 29.4 Å². The molecule has 0 spiro atoms. The Kier molecular flexibility index (Phi) is 3.59. The van der Waals surface area contributed by atoms with Gasteiger partial charge in [-0.3, -0.25) is 0 Å². The number of imidazole rings is 1. The highest BCUT2D eigenvalue weighted by atomic mass is 15.0. The Balaban J connectivity index is 2.24. The van der Waals surface area contributed by atoms with Crippen LogP contribution in [0.15, 0.2) is 30.6 Å². The zero-order valence-corrected chi connectivity index (χ0v) is 10.5. The molecule has 0 saturated carbocycles. The highest BCUT2D eigenvalue weighted by Crippen LogP contribution is 2.15. The first-order chi connectivity index (χ1) is 8.24. The number of nitrogens with zero attached hydrogens (tertiary/aromatic N) is 2. The largest absolute Gasteiger partial charge is 0.335 e. The molecule has 2 aromatic rings. The number of hydrogen-bond donors (Lipinski definition) is 1. The minimum absolute atomic E-state index is 0.602. The Morgan fingerprint density at radius 1 is 1.35 bits per heavy atom. The summed E-state index contributed by atoms with van der Waals surface area (Å²) in [6.45, 7) is 5.84. The monoisotopic (exact) mass is 229 g/mol. The zero-order chi connectivity index (χ0) is 12.3. The molecular weight excluding hydrogens is 210 g/mol. The molecule has 2 rings (SSSR count). The van der Waals surface area contributed by atoms with E-state index in [9.17, 15) is 0 Å². The number of hydrogen-bond acceptors (Lipinski definition) is 2. The minimum atomic E-state index is 0.602. The first-order valence-electron chi connectivity index (χ1n) is 6.03. The van der Waals surface area contributed by atoms with Crippen molar-refractivity contribution < 1.29 is 0 Å². The summed E-state index contributed by atoms with van der Waals surface area (Å²) in [5.74, 6) is 1.12. The summed E-state index contributed by atoms with van der Waals surface area (Å²) < 4.78 is 2.18. The van der Waals surface area contributed by atoms with Gasteiger partial charge in [0.05, 0.1) is 0 Å². The first-order valence-corrected chi connectivity index (χ1v) is 6.03. The van der Waals surface area contributed by atoms with E-state index in [1.54, 1.807) is 0 Å². The molecule has 17 heavy (non-hydrogen) atoms. The fraction of sp³-hybridized carbons (Fsp3) is 0.357. The van der Waals surface area contributed by atoms with Crippen molar-refractivity contribution in [3.63, 3.8) is 0 Å². The molecule has 0 fully saturated rings. The van der Waals surface area contributed by atoms with Crippen molar-refractivity contribution in [2.24, 2.45) is 5.73 Å². The van der Waals surface area contributed by atoms with Gasteiger partial charge in [0.15, 0.2) is 0 Å². The zero-order valence-electron chi connectivity index (χ0n) is 10.5. The number of benzene rings is 1. The molecular formula is C14H19N3. The summed E-state index contributed by atoms with van der Waals surface area (Å²) in [7, 11) is 0. The Hall–Kier alpha value is -1.61. The van der Waals surface area contributed by atoms with Crippen LogP contribution in [0.4, 0.5) is 0 Å². The van der Waals surface area contributed by atoms with E-state index in [2.05, 4.69) is 41.6 Å². The molecule has 3 nitrogen and oxygen atoms in total. The molecule has 1 aromatic carbocycles. The van der Waals surface area contributed by atoms with E-state index in [1.807, 2.05) is 12.4 Å². The van der Waals surface area contributed by atoms with Crippen LogP contribution >= 0.6 is 0 Å². The molecule has 90 valence electrons. The van der Waals surface area contributed by atoms with Crippen LogP contribution in [-0.4, -0.2) is 9.55 Å². The number of aromatic nitrogens is 2. The lowest BCUT2D eigenvalue weighted by molar-refractivity contribution is 0.711. The quantitative estimate of drug-likeness (QED) is 0.874. The standard InChI is InChI=1S/C14H19N3/c1-3-17-7-6-16-14(17)9-13-5-4-12(10-15)8-11(13)2/h4-8H,3,9-10,15H2,1-2H3. The average molecular weight is 229 g/mol. The molecule has 0 amide bonds. The van der Waals surface area contributed by atoms with Gasteiger partial charge in [-0.15, -0.1) is 0 Å². The topological polar surface area (TPSA) is 43.8 Å². The molecule has 1 heterocycles. The van der Waals surface area contributed by atoms with Gasteiger partial charge in [-0.2, -0.15) is 0 Å². The Morgan fingerprint density at radius 2 is 2.18 bits per heavy atom. The molecule has 0 aliphatic heterocycles. The smallest absolute Gasteiger partial charge is 0.113 e. The summed E-state index contributed by atoms with van der Waals surface area (Å²) >= 11 is 0. The van der Waals surface area contributed by atoms with Gasteiger partial charge in [0, 0.05) is 31.9 Å². The van der Waals surface area contributed by atoms with Crippen molar-refractivity contribution in [1.29, 1.82) is 0 Å². The van der Waals surface area contributed by atoms with Gasteiger partial charge in [0.25, 0.3) is 0 Å². The maximum absolute atomic E-state index is 5.63. The second-order valence-electron chi connectivity index (χ2n) is 4.27. The van der Waals surface area contributed by atoms with Gasteiger partial charge < -0.3 is 10.3 Å². The van der Waals surface area contributed by atoms with E-state index in [1.165, 1.54) is 16.7 Å². The summed E-state index contributed by atoms with van der Waals surface area (Å²) in [5, 5.41) is 0. The third-order valence-corrected chi connectivity index (χ3v) is 3.13. The summed E-state index contributed by atoms with van der Waals surface area (Å²) in [6, 6.07) is 6.42. The van der Waals surface area contributed by atoms with E-state index in [-0.39, 0.29) is 0 Å². The second-order valence-corrected chi connectivity index (χ2v) is 4.27. The molecule has 2 N–H and O–H groups in total. The van der Waals surface area contributed by atoms with Crippen LogP contribution in [0.3, 0.4) is 0 Å². The van der Waals surface area contributed by atoms with Crippen molar-refractivity contribution in [3.05, 3.63) is 53.1 Å². The number of nitrogens with two attached hydrogens (primary N) is 1. The van der Waals surface area contributed by atoms with Crippen LogP contribution in [0.25, 0.3) is 0 Å². The SMILES string of the molecule is CCn1ccnc1Cc1ccc(CN)cc1C. The maximum atomic E-state index is 5.63. The molecule has 0 bridgehead atoms. The summed E-state index contributed by atoms with van der Waals surface area (Å²) in [6.07, 6.45) is 4.78. The molecule has 0 radical (unpaired) electrons. The van der Waals surface area contributed by atoms with Crippen LogP contribution in [0.5, 0.6) is 0 Å². The Labute approximate surface area is 102 Å². The molecule has 0 aliphatic carbocycles. The second kappa shape index (κ2) is 5.15. The van der Waals surface area contributed by atoms with Crippen LogP contribution in [0, 0.1) is 6.92 Å². The van der Waals surface area contributed by atoms with Gasteiger partial charge in [0.2, 0.25) is 0 Å². The lowest BCUT2D eigenvalue weighted by atomic mass is 10.0. The molecule has 0 atom stereocenters. The minimum Gasteiger partial charge on any atom is -0.335 e. The highest BCUT2D eigenvalue weighted by molar-refractivity contribution is 5.33. The van der Waals surface area contributed by atoms with Crippen molar-refractivity contribution in [2.45, 2.75) is 33.4 Å².